The van der Waals surface area contributed by atoms with Gasteiger partial charge in [-0.25, -0.2) is 0 Å². The Morgan fingerprint density at radius 3 is 2.08 bits per heavy atom. The van der Waals surface area contributed by atoms with E-state index in [0.717, 1.165) is 37.7 Å². The first-order valence-corrected chi connectivity index (χ1v) is 9.33. The van der Waals surface area contributed by atoms with E-state index in [1.807, 2.05) is 20.8 Å². The van der Waals surface area contributed by atoms with Crippen molar-refractivity contribution in [2.75, 3.05) is 0 Å². The molecule has 0 radical (unpaired) electrons. The van der Waals surface area contributed by atoms with E-state index in [9.17, 15) is 9.59 Å². The van der Waals surface area contributed by atoms with Gasteiger partial charge in [0.15, 0.2) is 5.78 Å². The standard InChI is InChI=1S/C22H34O3/c1-16-9-7-11-17(2)13-14-20(22(5,6)25-19(4)23)21(24)15-18(3)12-8-10-16/h10-11,15,20H,7-9,12-14H2,1-6H3/b16-10+,17-11+,18-15-/t20-/m1/s1. The maximum atomic E-state index is 12.9. The molecule has 0 spiro atoms. The summed E-state index contributed by atoms with van der Waals surface area (Å²) in [5, 5.41) is 0. The van der Waals surface area contributed by atoms with Crippen molar-refractivity contribution in [1.29, 1.82) is 0 Å². The van der Waals surface area contributed by atoms with Crippen molar-refractivity contribution in [3.63, 3.8) is 0 Å². The average molecular weight is 347 g/mol. The van der Waals surface area contributed by atoms with Gasteiger partial charge in [0.1, 0.15) is 5.60 Å². The van der Waals surface area contributed by atoms with Crippen LogP contribution < -0.4 is 0 Å². The Morgan fingerprint density at radius 2 is 1.52 bits per heavy atom. The Balaban J connectivity index is 3.09. The highest BCUT2D eigenvalue weighted by Crippen LogP contribution is 2.30. The molecule has 0 aromatic carbocycles. The van der Waals surface area contributed by atoms with Crippen molar-refractivity contribution < 1.29 is 14.3 Å². The Kier molecular flexibility index (Phi) is 8.34. The Labute approximate surface area is 153 Å². The minimum atomic E-state index is -0.798. The summed E-state index contributed by atoms with van der Waals surface area (Å²) >= 11 is 0. The van der Waals surface area contributed by atoms with Crippen molar-refractivity contribution in [2.45, 2.75) is 85.7 Å². The molecule has 0 unspecified atom stereocenters. The predicted molar refractivity (Wildman–Crippen MR) is 103 cm³/mol. The number of hydrogen-bond acceptors (Lipinski definition) is 3. The first-order chi connectivity index (χ1) is 11.6. The van der Waals surface area contributed by atoms with Crippen molar-refractivity contribution in [3.8, 4) is 0 Å². The van der Waals surface area contributed by atoms with Crippen LogP contribution in [-0.4, -0.2) is 17.4 Å². The number of ketones is 1. The SMILES string of the molecule is CC(=O)OC(C)(C)[C@@H]1CC/C(C)=C/CC/C(C)=C/CC/C(C)=C\C1=O. The molecule has 0 aliphatic heterocycles. The second-order valence-electron chi connectivity index (χ2n) is 7.86. The van der Waals surface area contributed by atoms with Crippen LogP contribution in [0.4, 0.5) is 0 Å². The predicted octanol–water partition coefficient (Wildman–Crippen LogP) is 5.71. The summed E-state index contributed by atoms with van der Waals surface area (Å²) in [7, 11) is 0. The molecule has 0 amide bonds. The van der Waals surface area contributed by atoms with Crippen LogP contribution in [0.2, 0.25) is 0 Å². The zero-order valence-electron chi connectivity index (χ0n) is 16.8. The van der Waals surface area contributed by atoms with Crippen LogP contribution in [0.15, 0.2) is 34.9 Å². The topological polar surface area (TPSA) is 43.4 Å². The van der Waals surface area contributed by atoms with Gasteiger partial charge in [0.2, 0.25) is 0 Å². The number of esters is 1. The minimum absolute atomic E-state index is 0.0642. The molecule has 0 N–H and O–H groups in total. The fraction of sp³-hybridized carbons (Fsp3) is 0.636. The molecule has 3 nitrogen and oxygen atoms in total. The molecule has 3 heteroatoms. The van der Waals surface area contributed by atoms with Gasteiger partial charge in [-0.15, -0.1) is 0 Å². The van der Waals surface area contributed by atoms with Crippen LogP contribution in [0, 0.1) is 5.92 Å². The van der Waals surface area contributed by atoms with Gasteiger partial charge in [-0.05, 0) is 79.2 Å². The van der Waals surface area contributed by atoms with Crippen molar-refractivity contribution in [3.05, 3.63) is 34.9 Å². The molecular weight excluding hydrogens is 312 g/mol. The highest BCUT2D eigenvalue weighted by Gasteiger charge is 2.36. The number of carbonyl (C=O) groups is 2. The van der Waals surface area contributed by atoms with Gasteiger partial charge in [0.25, 0.3) is 0 Å². The van der Waals surface area contributed by atoms with Gasteiger partial charge in [-0.3, -0.25) is 9.59 Å². The molecule has 0 aromatic rings. The van der Waals surface area contributed by atoms with Crippen LogP contribution in [0.3, 0.4) is 0 Å². The first kappa shape index (κ1) is 21.4. The van der Waals surface area contributed by atoms with E-state index >= 15 is 0 Å². The number of hydrogen-bond donors (Lipinski definition) is 0. The Hall–Kier alpha value is -1.64. The lowest BCUT2D eigenvalue weighted by atomic mass is 9.81. The maximum absolute atomic E-state index is 12.9. The smallest absolute Gasteiger partial charge is 0.303 e. The molecule has 0 bridgehead atoms. The average Bonchev–Trinajstić information content (AvgIpc) is 2.44. The van der Waals surface area contributed by atoms with Gasteiger partial charge in [0, 0.05) is 6.92 Å². The minimum Gasteiger partial charge on any atom is -0.459 e. The number of ether oxygens (including phenoxy) is 1. The molecule has 0 heterocycles. The monoisotopic (exact) mass is 346 g/mol. The third-order valence-electron chi connectivity index (χ3n) is 4.87. The second-order valence-corrected chi connectivity index (χ2v) is 7.86. The zero-order valence-corrected chi connectivity index (χ0v) is 16.8. The molecule has 1 atom stereocenters. The molecule has 25 heavy (non-hydrogen) atoms. The lowest BCUT2D eigenvalue weighted by Crippen LogP contribution is -2.40. The molecule has 140 valence electrons. The van der Waals surface area contributed by atoms with Crippen LogP contribution in [0.25, 0.3) is 0 Å². The summed E-state index contributed by atoms with van der Waals surface area (Å²) in [6, 6.07) is 0. The van der Waals surface area contributed by atoms with Crippen molar-refractivity contribution in [1.82, 2.24) is 0 Å². The van der Waals surface area contributed by atoms with Crippen LogP contribution in [0.5, 0.6) is 0 Å². The molecule has 0 saturated carbocycles. The summed E-state index contributed by atoms with van der Waals surface area (Å²) in [6.45, 7) is 11.4. The van der Waals surface area contributed by atoms with E-state index in [-0.39, 0.29) is 17.7 Å². The number of rotatable bonds is 2. The summed E-state index contributed by atoms with van der Waals surface area (Å²) in [5.74, 6) is -0.602. The van der Waals surface area contributed by atoms with Crippen molar-refractivity contribution >= 4 is 11.8 Å². The van der Waals surface area contributed by atoms with Crippen LogP contribution >= 0.6 is 0 Å². The molecule has 1 aliphatic carbocycles. The lowest BCUT2D eigenvalue weighted by molar-refractivity contribution is -0.160. The van der Waals surface area contributed by atoms with Crippen LogP contribution in [0.1, 0.15) is 80.1 Å². The highest BCUT2D eigenvalue weighted by molar-refractivity contribution is 5.93. The summed E-state index contributed by atoms with van der Waals surface area (Å²) in [6.07, 6.45) is 11.8. The highest BCUT2D eigenvalue weighted by atomic mass is 16.6. The van der Waals surface area contributed by atoms with Crippen LogP contribution in [-0.2, 0) is 14.3 Å². The largest absolute Gasteiger partial charge is 0.459 e. The van der Waals surface area contributed by atoms with Gasteiger partial charge >= 0.3 is 5.97 Å². The summed E-state index contributed by atoms with van der Waals surface area (Å²) < 4.78 is 5.48. The van der Waals surface area contributed by atoms with E-state index < -0.39 is 5.60 Å². The summed E-state index contributed by atoms with van der Waals surface area (Å²) in [4.78, 5) is 24.4. The van der Waals surface area contributed by atoms with Gasteiger partial charge < -0.3 is 4.74 Å². The summed E-state index contributed by atoms with van der Waals surface area (Å²) in [5.41, 5.74) is 2.99. The third kappa shape index (κ3) is 7.85. The Bertz CT molecular complexity index is 576. The quantitative estimate of drug-likeness (QED) is 0.475. The second kappa shape index (κ2) is 9.74. The van der Waals surface area contributed by atoms with Gasteiger partial charge in [-0.1, -0.05) is 28.9 Å². The first-order valence-electron chi connectivity index (χ1n) is 9.33. The maximum Gasteiger partial charge on any atom is 0.303 e. The molecule has 1 rings (SSSR count). The molecular formula is C22H34O3. The van der Waals surface area contributed by atoms with E-state index in [4.69, 9.17) is 4.74 Å². The molecule has 1 aliphatic rings. The zero-order chi connectivity index (χ0) is 19.0. The van der Waals surface area contributed by atoms with E-state index in [1.165, 1.54) is 18.1 Å². The van der Waals surface area contributed by atoms with E-state index in [0.29, 0.717) is 6.42 Å². The van der Waals surface area contributed by atoms with Crippen molar-refractivity contribution in [2.24, 2.45) is 5.92 Å². The van der Waals surface area contributed by atoms with E-state index in [2.05, 4.69) is 26.0 Å². The fourth-order valence-electron chi connectivity index (χ4n) is 3.36. The molecule has 0 saturated heterocycles. The third-order valence-corrected chi connectivity index (χ3v) is 4.87. The number of carbonyl (C=O) groups excluding carboxylic acids is 2. The Morgan fingerprint density at radius 1 is 1.00 bits per heavy atom. The fourth-order valence-corrected chi connectivity index (χ4v) is 3.36. The van der Waals surface area contributed by atoms with E-state index in [1.54, 1.807) is 6.08 Å². The lowest BCUT2D eigenvalue weighted by Gasteiger charge is -2.32. The molecule has 0 fully saturated rings. The normalized spacial score (nSPS) is 27.8. The number of allylic oxidation sites excluding steroid dienone is 6. The van der Waals surface area contributed by atoms with Gasteiger partial charge in [-0.2, -0.15) is 0 Å². The molecule has 0 aromatic heterocycles. The van der Waals surface area contributed by atoms with Gasteiger partial charge in [0.05, 0.1) is 5.92 Å².